The SMILES string of the molecule is Cc1sc2ncnc(NCC(=O)NCc3ccccc3)c2c1C. The zero-order valence-electron chi connectivity index (χ0n) is 13.1. The maximum Gasteiger partial charge on any atom is 0.239 e. The summed E-state index contributed by atoms with van der Waals surface area (Å²) in [5.41, 5.74) is 2.24. The van der Waals surface area contributed by atoms with E-state index in [-0.39, 0.29) is 12.5 Å². The summed E-state index contributed by atoms with van der Waals surface area (Å²) < 4.78 is 0. The Morgan fingerprint density at radius 1 is 1.17 bits per heavy atom. The number of amides is 1. The third-order valence-electron chi connectivity index (χ3n) is 3.71. The van der Waals surface area contributed by atoms with E-state index in [0.717, 1.165) is 21.3 Å². The molecular formula is C17H18N4OS. The minimum absolute atomic E-state index is 0.0646. The molecule has 0 saturated carbocycles. The minimum atomic E-state index is -0.0646. The lowest BCUT2D eigenvalue weighted by Gasteiger charge is -2.08. The monoisotopic (exact) mass is 326 g/mol. The topological polar surface area (TPSA) is 66.9 Å². The number of anilines is 1. The molecule has 2 N–H and O–H groups in total. The molecule has 3 rings (SSSR count). The molecule has 6 heteroatoms. The van der Waals surface area contributed by atoms with Gasteiger partial charge in [-0.2, -0.15) is 0 Å². The first-order valence-electron chi connectivity index (χ1n) is 7.40. The van der Waals surface area contributed by atoms with Crippen molar-refractivity contribution in [1.82, 2.24) is 15.3 Å². The Morgan fingerprint density at radius 2 is 1.96 bits per heavy atom. The van der Waals surface area contributed by atoms with Gasteiger partial charge in [0, 0.05) is 11.4 Å². The normalized spacial score (nSPS) is 10.7. The molecule has 0 atom stereocenters. The van der Waals surface area contributed by atoms with Crippen LogP contribution in [0.3, 0.4) is 0 Å². The molecule has 0 aliphatic rings. The van der Waals surface area contributed by atoms with E-state index in [2.05, 4.69) is 34.4 Å². The van der Waals surface area contributed by atoms with Crippen LogP contribution in [0.2, 0.25) is 0 Å². The van der Waals surface area contributed by atoms with Gasteiger partial charge in [-0.15, -0.1) is 11.3 Å². The van der Waals surface area contributed by atoms with Crippen molar-refractivity contribution in [1.29, 1.82) is 0 Å². The summed E-state index contributed by atoms with van der Waals surface area (Å²) in [5.74, 6) is 0.650. The number of hydrogen-bond donors (Lipinski definition) is 2. The standard InChI is InChI=1S/C17H18N4OS/c1-11-12(2)23-17-15(11)16(20-10-21-17)19-9-14(22)18-8-13-6-4-3-5-7-13/h3-7,10H,8-9H2,1-2H3,(H,18,22)(H,19,20,21). The lowest BCUT2D eigenvalue weighted by molar-refractivity contribution is -0.119. The fourth-order valence-electron chi connectivity index (χ4n) is 2.34. The van der Waals surface area contributed by atoms with Crippen LogP contribution in [-0.4, -0.2) is 22.4 Å². The van der Waals surface area contributed by atoms with Crippen LogP contribution in [0.4, 0.5) is 5.82 Å². The summed E-state index contributed by atoms with van der Waals surface area (Å²) in [5, 5.41) is 7.02. The van der Waals surface area contributed by atoms with Crippen molar-refractivity contribution in [3.05, 3.63) is 52.7 Å². The van der Waals surface area contributed by atoms with E-state index in [9.17, 15) is 4.79 Å². The highest BCUT2D eigenvalue weighted by molar-refractivity contribution is 7.18. The van der Waals surface area contributed by atoms with Crippen LogP contribution in [0.15, 0.2) is 36.7 Å². The van der Waals surface area contributed by atoms with E-state index < -0.39 is 0 Å². The quantitative estimate of drug-likeness (QED) is 0.756. The summed E-state index contributed by atoms with van der Waals surface area (Å²) in [4.78, 5) is 22.7. The molecule has 0 bridgehead atoms. The van der Waals surface area contributed by atoms with Crippen LogP contribution in [0.1, 0.15) is 16.0 Å². The number of rotatable bonds is 5. The number of thiophene rings is 1. The summed E-state index contributed by atoms with van der Waals surface area (Å²) >= 11 is 1.64. The zero-order valence-corrected chi connectivity index (χ0v) is 13.9. The summed E-state index contributed by atoms with van der Waals surface area (Å²) in [6.45, 7) is 4.83. The van der Waals surface area contributed by atoms with E-state index in [1.54, 1.807) is 11.3 Å². The van der Waals surface area contributed by atoms with Crippen molar-refractivity contribution < 1.29 is 4.79 Å². The molecule has 2 aromatic heterocycles. The maximum atomic E-state index is 12.0. The van der Waals surface area contributed by atoms with Crippen LogP contribution in [0.5, 0.6) is 0 Å². The van der Waals surface area contributed by atoms with E-state index in [4.69, 9.17) is 0 Å². The van der Waals surface area contributed by atoms with Crippen molar-refractivity contribution in [3.63, 3.8) is 0 Å². The highest BCUT2D eigenvalue weighted by Gasteiger charge is 2.12. The van der Waals surface area contributed by atoms with Crippen molar-refractivity contribution in [3.8, 4) is 0 Å². The molecule has 5 nitrogen and oxygen atoms in total. The van der Waals surface area contributed by atoms with Crippen molar-refractivity contribution >= 4 is 33.3 Å². The number of nitrogens with one attached hydrogen (secondary N) is 2. The molecule has 0 radical (unpaired) electrons. The third-order valence-corrected chi connectivity index (χ3v) is 4.83. The van der Waals surface area contributed by atoms with Crippen LogP contribution < -0.4 is 10.6 Å². The largest absolute Gasteiger partial charge is 0.360 e. The highest BCUT2D eigenvalue weighted by Crippen LogP contribution is 2.32. The Bertz CT molecular complexity index is 829. The second-order valence-corrected chi connectivity index (χ2v) is 6.50. The van der Waals surface area contributed by atoms with Crippen molar-refractivity contribution in [2.75, 3.05) is 11.9 Å². The Morgan fingerprint density at radius 3 is 2.74 bits per heavy atom. The average Bonchev–Trinajstić information content (AvgIpc) is 2.87. The van der Waals surface area contributed by atoms with Gasteiger partial charge in [-0.05, 0) is 25.0 Å². The molecular weight excluding hydrogens is 308 g/mol. The van der Waals surface area contributed by atoms with Gasteiger partial charge in [0.15, 0.2) is 0 Å². The van der Waals surface area contributed by atoms with Gasteiger partial charge in [0.25, 0.3) is 0 Å². The van der Waals surface area contributed by atoms with Gasteiger partial charge >= 0.3 is 0 Å². The van der Waals surface area contributed by atoms with Gasteiger partial charge in [0.2, 0.25) is 5.91 Å². The van der Waals surface area contributed by atoms with Gasteiger partial charge < -0.3 is 10.6 Å². The lowest BCUT2D eigenvalue weighted by atomic mass is 10.2. The Labute approximate surface area is 138 Å². The second kappa shape index (κ2) is 6.75. The molecule has 0 unspecified atom stereocenters. The first kappa shape index (κ1) is 15.4. The predicted molar refractivity (Wildman–Crippen MR) is 93.7 cm³/mol. The molecule has 0 spiro atoms. The van der Waals surface area contributed by atoms with Crippen molar-refractivity contribution in [2.24, 2.45) is 0 Å². The minimum Gasteiger partial charge on any atom is -0.360 e. The number of fused-ring (bicyclic) bond motifs is 1. The number of aryl methyl sites for hydroxylation is 2. The third kappa shape index (κ3) is 3.48. The Kier molecular flexibility index (Phi) is 4.52. The van der Waals surface area contributed by atoms with E-state index in [0.29, 0.717) is 12.4 Å². The lowest BCUT2D eigenvalue weighted by Crippen LogP contribution is -2.29. The molecule has 0 fully saturated rings. The second-order valence-electron chi connectivity index (χ2n) is 5.30. The zero-order chi connectivity index (χ0) is 16.2. The summed E-state index contributed by atoms with van der Waals surface area (Å²) in [6, 6.07) is 9.84. The number of nitrogens with zero attached hydrogens (tertiary/aromatic N) is 2. The van der Waals surface area contributed by atoms with Gasteiger partial charge in [-0.25, -0.2) is 9.97 Å². The molecule has 1 aromatic carbocycles. The Balaban J connectivity index is 1.63. The highest BCUT2D eigenvalue weighted by atomic mass is 32.1. The van der Waals surface area contributed by atoms with E-state index in [1.807, 2.05) is 30.3 Å². The van der Waals surface area contributed by atoms with Crippen LogP contribution in [0, 0.1) is 13.8 Å². The fraction of sp³-hybridized carbons (Fsp3) is 0.235. The molecule has 1 amide bonds. The number of carbonyl (C=O) groups is 1. The molecule has 2 heterocycles. The van der Waals surface area contributed by atoms with Crippen LogP contribution >= 0.6 is 11.3 Å². The van der Waals surface area contributed by atoms with E-state index in [1.165, 1.54) is 11.2 Å². The molecule has 0 saturated heterocycles. The summed E-state index contributed by atoms with van der Waals surface area (Å²) in [6.07, 6.45) is 1.53. The van der Waals surface area contributed by atoms with Gasteiger partial charge in [0.05, 0.1) is 11.9 Å². The molecule has 0 aliphatic heterocycles. The number of hydrogen-bond acceptors (Lipinski definition) is 5. The number of aromatic nitrogens is 2. The molecule has 118 valence electrons. The first-order chi connectivity index (χ1) is 11.1. The first-order valence-corrected chi connectivity index (χ1v) is 8.22. The maximum absolute atomic E-state index is 12.0. The van der Waals surface area contributed by atoms with Gasteiger partial charge in [-0.3, -0.25) is 4.79 Å². The van der Waals surface area contributed by atoms with Crippen LogP contribution in [-0.2, 0) is 11.3 Å². The van der Waals surface area contributed by atoms with Crippen molar-refractivity contribution in [2.45, 2.75) is 20.4 Å². The van der Waals surface area contributed by atoms with E-state index >= 15 is 0 Å². The van der Waals surface area contributed by atoms with Gasteiger partial charge in [-0.1, -0.05) is 30.3 Å². The Hall–Kier alpha value is -2.47. The molecule has 0 aliphatic carbocycles. The molecule has 23 heavy (non-hydrogen) atoms. The fourth-order valence-corrected chi connectivity index (χ4v) is 3.34. The predicted octanol–water partition coefficient (Wildman–Crippen LogP) is 3.04. The number of carbonyl (C=O) groups excluding carboxylic acids is 1. The molecule has 3 aromatic rings. The summed E-state index contributed by atoms with van der Waals surface area (Å²) in [7, 11) is 0. The average molecular weight is 326 g/mol. The number of benzene rings is 1. The van der Waals surface area contributed by atoms with Gasteiger partial charge in [0.1, 0.15) is 17.0 Å². The van der Waals surface area contributed by atoms with Crippen LogP contribution in [0.25, 0.3) is 10.2 Å². The smallest absolute Gasteiger partial charge is 0.239 e.